The normalized spacial score (nSPS) is 19.3. The highest BCUT2D eigenvalue weighted by Crippen LogP contribution is 2.31. The van der Waals surface area contributed by atoms with Crippen molar-refractivity contribution in [3.63, 3.8) is 0 Å². The van der Waals surface area contributed by atoms with Gasteiger partial charge in [0, 0.05) is 39.0 Å². The standard InChI is InChI=1S/C20H29F3N4O6S/c1-13(2)31-19(28)26-8-4-15(5-9-26)32-17-14(3)18(25-12-24-17)33-16-6-10-27(11-7-16)34(29,30)20(21,22)23/h12-13,15-16H,4-11H2,1-3H3. The van der Waals surface area contributed by atoms with Crippen LogP contribution < -0.4 is 9.47 Å². The average molecular weight is 511 g/mol. The number of hydrogen-bond donors (Lipinski definition) is 0. The summed E-state index contributed by atoms with van der Waals surface area (Å²) in [5.74, 6) is 0.561. The van der Waals surface area contributed by atoms with E-state index in [4.69, 9.17) is 14.2 Å². The van der Waals surface area contributed by atoms with Crippen molar-refractivity contribution >= 4 is 16.1 Å². The summed E-state index contributed by atoms with van der Waals surface area (Å²) in [6.45, 7) is 5.68. The van der Waals surface area contributed by atoms with E-state index < -0.39 is 21.6 Å². The Morgan fingerprint density at radius 1 is 1.00 bits per heavy atom. The molecule has 2 aliphatic rings. The number of ether oxygens (including phenoxy) is 3. The fourth-order valence-corrected chi connectivity index (χ4v) is 4.73. The molecule has 14 heteroatoms. The second kappa shape index (κ2) is 10.5. The number of rotatable bonds is 6. The number of amides is 1. The third-order valence-corrected chi connectivity index (χ3v) is 7.25. The molecule has 0 spiro atoms. The van der Waals surface area contributed by atoms with Gasteiger partial charge in [0.25, 0.3) is 0 Å². The molecule has 2 aliphatic heterocycles. The lowest BCUT2D eigenvalue weighted by atomic mass is 10.1. The molecule has 0 unspecified atom stereocenters. The van der Waals surface area contributed by atoms with Gasteiger partial charge in [-0.05, 0) is 33.6 Å². The first-order chi connectivity index (χ1) is 15.9. The number of hydrogen-bond acceptors (Lipinski definition) is 8. The Morgan fingerprint density at radius 3 is 1.91 bits per heavy atom. The molecule has 34 heavy (non-hydrogen) atoms. The molecule has 0 aromatic carbocycles. The molecule has 1 amide bonds. The molecule has 1 aromatic rings. The molecule has 0 atom stereocenters. The van der Waals surface area contributed by atoms with Gasteiger partial charge in [-0.15, -0.1) is 0 Å². The summed E-state index contributed by atoms with van der Waals surface area (Å²) in [7, 11) is -5.34. The molecule has 2 saturated heterocycles. The van der Waals surface area contributed by atoms with Crippen molar-refractivity contribution in [1.82, 2.24) is 19.2 Å². The minimum atomic E-state index is -5.34. The van der Waals surface area contributed by atoms with E-state index in [2.05, 4.69) is 9.97 Å². The molecule has 0 radical (unpaired) electrons. The van der Waals surface area contributed by atoms with E-state index in [1.807, 2.05) is 0 Å². The third kappa shape index (κ3) is 6.20. The number of nitrogens with zero attached hydrogens (tertiary/aromatic N) is 4. The third-order valence-electron chi connectivity index (χ3n) is 5.62. The molecule has 3 rings (SSSR count). The second-order valence-electron chi connectivity index (χ2n) is 8.51. The number of sulfonamides is 1. The van der Waals surface area contributed by atoms with E-state index in [1.54, 1.807) is 25.7 Å². The zero-order valence-corrected chi connectivity index (χ0v) is 20.1. The molecular weight excluding hydrogens is 481 g/mol. The fraction of sp³-hybridized carbons (Fsp3) is 0.750. The van der Waals surface area contributed by atoms with E-state index in [1.165, 1.54) is 6.33 Å². The first-order valence-corrected chi connectivity index (χ1v) is 12.5. The minimum absolute atomic E-state index is 0.0971. The minimum Gasteiger partial charge on any atom is -0.474 e. The van der Waals surface area contributed by atoms with Crippen LogP contribution in [-0.2, 0) is 14.8 Å². The maximum atomic E-state index is 12.7. The second-order valence-corrected chi connectivity index (χ2v) is 10.4. The Balaban J connectivity index is 1.54. The van der Waals surface area contributed by atoms with Gasteiger partial charge in [0.05, 0.1) is 11.7 Å². The smallest absolute Gasteiger partial charge is 0.474 e. The van der Waals surface area contributed by atoms with Gasteiger partial charge in [0.1, 0.15) is 18.5 Å². The monoisotopic (exact) mass is 510 g/mol. The lowest BCUT2D eigenvalue weighted by molar-refractivity contribution is -0.0501. The summed E-state index contributed by atoms with van der Waals surface area (Å²) < 4.78 is 78.8. The molecular formula is C20H29F3N4O6S. The van der Waals surface area contributed by atoms with Crippen LogP contribution in [0.1, 0.15) is 45.1 Å². The zero-order chi connectivity index (χ0) is 25.1. The first-order valence-electron chi connectivity index (χ1n) is 11.1. The van der Waals surface area contributed by atoms with Crippen molar-refractivity contribution in [2.45, 2.75) is 70.3 Å². The fourth-order valence-electron chi connectivity index (χ4n) is 3.74. The number of piperidine rings is 2. The number of alkyl halides is 3. The number of aromatic nitrogens is 2. The van der Waals surface area contributed by atoms with Crippen LogP contribution in [0.15, 0.2) is 6.33 Å². The van der Waals surface area contributed by atoms with Gasteiger partial charge in [-0.2, -0.15) is 17.5 Å². The number of halogens is 3. The summed E-state index contributed by atoms with van der Waals surface area (Å²) in [6, 6.07) is 0. The Morgan fingerprint density at radius 2 is 1.47 bits per heavy atom. The predicted octanol–water partition coefficient (Wildman–Crippen LogP) is 2.87. The van der Waals surface area contributed by atoms with Crippen molar-refractivity contribution in [3.8, 4) is 11.8 Å². The molecule has 1 aromatic heterocycles. The van der Waals surface area contributed by atoms with E-state index >= 15 is 0 Å². The number of carbonyl (C=O) groups excluding carboxylic acids is 1. The Bertz CT molecular complexity index is 960. The quantitative estimate of drug-likeness (QED) is 0.575. The summed E-state index contributed by atoms with van der Waals surface area (Å²) >= 11 is 0. The van der Waals surface area contributed by atoms with Crippen LogP contribution in [0.4, 0.5) is 18.0 Å². The molecule has 2 fully saturated rings. The van der Waals surface area contributed by atoms with Crippen molar-refractivity contribution in [2.24, 2.45) is 0 Å². The summed E-state index contributed by atoms with van der Waals surface area (Å²) in [6.07, 6.45) is 1.46. The number of likely N-dealkylation sites (tertiary alicyclic amines) is 1. The predicted molar refractivity (Wildman–Crippen MR) is 114 cm³/mol. The van der Waals surface area contributed by atoms with Crippen LogP contribution in [0.5, 0.6) is 11.8 Å². The van der Waals surface area contributed by atoms with Crippen LogP contribution in [-0.4, -0.2) is 83.7 Å². The molecule has 192 valence electrons. The van der Waals surface area contributed by atoms with E-state index in [-0.39, 0.29) is 50.1 Å². The molecule has 3 heterocycles. The first kappa shape index (κ1) is 26.3. The summed E-state index contributed by atoms with van der Waals surface area (Å²) in [5, 5.41) is 0. The molecule has 10 nitrogen and oxygen atoms in total. The SMILES string of the molecule is Cc1c(OC2CCN(C(=O)OC(C)C)CC2)ncnc1OC1CCN(S(=O)(=O)C(F)(F)F)CC1. The van der Waals surface area contributed by atoms with Gasteiger partial charge in [-0.25, -0.2) is 23.2 Å². The van der Waals surface area contributed by atoms with Gasteiger partial charge in [0.2, 0.25) is 11.8 Å². The van der Waals surface area contributed by atoms with Gasteiger partial charge < -0.3 is 19.1 Å². The van der Waals surface area contributed by atoms with E-state index in [9.17, 15) is 26.4 Å². The maximum absolute atomic E-state index is 12.7. The zero-order valence-electron chi connectivity index (χ0n) is 19.2. The van der Waals surface area contributed by atoms with Gasteiger partial charge in [0.15, 0.2) is 0 Å². The maximum Gasteiger partial charge on any atom is 0.511 e. The highest BCUT2D eigenvalue weighted by molar-refractivity contribution is 7.90. The van der Waals surface area contributed by atoms with Crippen molar-refractivity contribution in [2.75, 3.05) is 26.2 Å². The topological polar surface area (TPSA) is 111 Å². The summed E-state index contributed by atoms with van der Waals surface area (Å²) in [4.78, 5) is 21.9. The van der Waals surface area contributed by atoms with Crippen LogP contribution >= 0.6 is 0 Å². The van der Waals surface area contributed by atoms with E-state index in [0.29, 0.717) is 41.7 Å². The van der Waals surface area contributed by atoms with Gasteiger partial charge in [-0.3, -0.25) is 0 Å². The van der Waals surface area contributed by atoms with Crippen molar-refractivity contribution in [1.29, 1.82) is 0 Å². The highest BCUT2D eigenvalue weighted by Gasteiger charge is 2.50. The van der Waals surface area contributed by atoms with Crippen LogP contribution in [0.2, 0.25) is 0 Å². The lowest BCUT2D eigenvalue weighted by Crippen LogP contribution is -2.46. The van der Waals surface area contributed by atoms with E-state index in [0.717, 1.165) is 0 Å². The number of carbonyl (C=O) groups is 1. The Hall–Kier alpha value is -2.35. The van der Waals surface area contributed by atoms with Crippen LogP contribution in [0.3, 0.4) is 0 Å². The van der Waals surface area contributed by atoms with Crippen molar-refractivity contribution < 1.29 is 40.6 Å². The molecule has 0 saturated carbocycles. The van der Waals surface area contributed by atoms with Crippen LogP contribution in [0.25, 0.3) is 0 Å². The van der Waals surface area contributed by atoms with Gasteiger partial charge >= 0.3 is 21.6 Å². The Kier molecular flexibility index (Phi) is 8.11. The van der Waals surface area contributed by atoms with Gasteiger partial charge in [-0.1, -0.05) is 0 Å². The highest BCUT2D eigenvalue weighted by atomic mass is 32.2. The average Bonchev–Trinajstić information content (AvgIpc) is 2.76. The Labute approximate surface area is 196 Å². The largest absolute Gasteiger partial charge is 0.511 e. The van der Waals surface area contributed by atoms with Crippen molar-refractivity contribution in [3.05, 3.63) is 11.9 Å². The molecule has 0 N–H and O–H groups in total. The lowest BCUT2D eigenvalue weighted by Gasteiger charge is -2.32. The molecule has 0 aliphatic carbocycles. The molecule has 0 bridgehead atoms. The summed E-state index contributed by atoms with van der Waals surface area (Å²) in [5.41, 5.74) is -4.78. The van der Waals surface area contributed by atoms with Crippen LogP contribution in [0, 0.1) is 6.92 Å².